The van der Waals surface area contributed by atoms with Crippen molar-refractivity contribution in [3.63, 3.8) is 0 Å². The fourth-order valence-electron chi connectivity index (χ4n) is 3.19. The van der Waals surface area contributed by atoms with Crippen LogP contribution in [-0.4, -0.2) is 39.1 Å². The molecule has 2 aromatic heterocycles. The molecule has 0 saturated carbocycles. The smallest absolute Gasteiger partial charge is 0.271 e. The highest BCUT2D eigenvalue weighted by Gasteiger charge is 2.28. The first-order chi connectivity index (χ1) is 11.8. The van der Waals surface area contributed by atoms with Crippen molar-refractivity contribution in [2.45, 2.75) is 12.3 Å². The minimum absolute atomic E-state index is 0.00288. The highest BCUT2D eigenvalue weighted by atomic mass is 16.2. The lowest BCUT2D eigenvalue weighted by Gasteiger charge is -2.15. The Morgan fingerprint density at radius 1 is 1.08 bits per heavy atom. The van der Waals surface area contributed by atoms with Crippen molar-refractivity contribution in [2.75, 3.05) is 13.1 Å². The van der Waals surface area contributed by atoms with Gasteiger partial charge in [0.05, 0.1) is 5.69 Å². The number of pyridine rings is 1. The maximum atomic E-state index is 12.7. The van der Waals surface area contributed by atoms with Crippen molar-refractivity contribution in [3.05, 3.63) is 72.1 Å². The number of carbonyl (C=O) groups excluding carboxylic acids is 1. The molecule has 5 heteroatoms. The molecule has 1 saturated heterocycles. The first-order valence-electron chi connectivity index (χ1n) is 8.12. The van der Waals surface area contributed by atoms with E-state index >= 15 is 0 Å². The van der Waals surface area contributed by atoms with Gasteiger partial charge in [0.15, 0.2) is 0 Å². The number of hydrogen-bond donors (Lipinski definition) is 1. The molecule has 0 spiro atoms. The summed E-state index contributed by atoms with van der Waals surface area (Å²) in [6.45, 7) is 1.52. The van der Waals surface area contributed by atoms with Crippen LogP contribution < -0.4 is 0 Å². The minimum Gasteiger partial charge on any atom is -0.337 e. The number of hydrogen-bond acceptors (Lipinski definition) is 3. The molecule has 1 atom stereocenters. The van der Waals surface area contributed by atoms with E-state index in [0.29, 0.717) is 17.3 Å². The molecule has 4 rings (SSSR count). The summed E-state index contributed by atoms with van der Waals surface area (Å²) in [6, 6.07) is 17.8. The molecule has 3 aromatic rings. The average Bonchev–Trinajstić information content (AvgIpc) is 3.33. The van der Waals surface area contributed by atoms with Crippen molar-refractivity contribution in [3.8, 4) is 11.4 Å². The van der Waals surface area contributed by atoms with E-state index in [4.69, 9.17) is 0 Å². The van der Waals surface area contributed by atoms with E-state index < -0.39 is 0 Å². The highest BCUT2D eigenvalue weighted by Crippen LogP contribution is 2.28. The number of nitrogens with zero attached hydrogens (tertiary/aromatic N) is 3. The Labute approximate surface area is 140 Å². The third-order valence-electron chi connectivity index (χ3n) is 4.48. The summed E-state index contributed by atoms with van der Waals surface area (Å²) in [6.07, 6.45) is 2.72. The molecular formula is C19H18N4O. The number of benzene rings is 1. The predicted molar refractivity (Wildman–Crippen MR) is 91.5 cm³/mol. The summed E-state index contributed by atoms with van der Waals surface area (Å²) in [5.41, 5.74) is 3.27. The van der Waals surface area contributed by atoms with E-state index in [-0.39, 0.29) is 5.91 Å². The van der Waals surface area contributed by atoms with Crippen molar-refractivity contribution in [1.82, 2.24) is 20.1 Å². The predicted octanol–water partition coefficient (Wildman–Crippen LogP) is 3.10. The van der Waals surface area contributed by atoms with Crippen LogP contribution in [-0.2, 0) is 0 Å². The van der Waals surface area contributed by atoms with Gasteiger partial charge in [-0.1, -0.05) is 36.4 Å². The second-order valence-corrected chi connectivity index (χ2v) is 6.03. The van der Waals surface area contributed by atoms with Crippen LogP contribution in [0.4, 0.5) is 0 Å². The molecule has 1 amide bonds. The van der Waals surface area contributed by atoms with Gasteiger partial charge in [-0.05, 0) is 30.2 Å². The minimum atomic E-state index is 0.00288. The van der Waals surface area contributed by atoms with Crippen molar-refractivity contribution in [1.29, 1.82) is 0 Å². The first-order valence-corrected chi connectivity index (χ1v) is 8.12. The fourth-order valence-corrected chi connectivity index (χ4v) is 3.19. The molecule has 0 bridgehead atoms. The summed E-state index contributed by atoms with van der Waals surface area (Å²) >= 11 is 0. The zero-order valence-corrected chi connectivity index (χ0v) is 13.2. The lowest BCUT2D eigenvalue weighted by Crippen LogP contribution is -2.28. The number of aromatic nitrogens is 3. The normalized spacial score (nSPS) is 17.2. The van der Waals surface area contributed by atoms with Gasteiger partial charge in [-0.2, -0.15) is 5.10 Å². The molecule has 24 heavy (non-hydrogen) atoms. The Hall–Kier alpha value is -2.95. The molecule has 1 aliphatic heterocycles. The molecule has 5 nitrogen and oxygen atoms in total. The van der Waals surface area contributed by atoms with E-state index in [0.717, 1.165) is 25.2 Å². The highest BCUT2D eigenvalue weighted by molar-refractivity contribution is 5.93. The topological polar surface area (TPSA) is 61.9 Å². The molecule has 1 aliphatic rings. The second kappa shape index (κ2) is 6.28. The van der Waals surface area contributed by atoms with Crippen LogP contribution in [0.3, 0.4) is 0 Å². The summed E-state index contributed by atoms with van der Waals surface area (Å²) in [7, 11) is 0. The molecule has 3 heterocycles. The van der Waals surface area contributed by atoms with Crippen LogP contribution in [0.25, 0.3) is 11.4 Å². The second-order valence-electron chi connectivity index (χ2n) is 6.03. The number of aromatic amines is 1. The van der Waals surface area contributed by atoms with E-state index in [9.17, 15) is 4.79 Å². The van der Waals surface area contributed by atoms with Gasteiger partial charge in [0.25, 0.3) is 5.91 Å². The van der Waals surface area contributed by atoms with Crippen molar-refractivity contribution < 1.29 is 4.79 Å². The molecule has 1 N–H and O–H groups in total. The Kier molecular flexibility index (Phi) is 3.83. The van der Waals surface area contributed by atoms with Gasteiger partial charge in [-0.15, -0.1) is 0 Å². The van der Waals surface area contributed by atoms with Crippen LogP contribution >= 0.6 is 0 Å². The van der Waals surface area contributed by atoms with E-state index in [1.54, 1.807) is 12.3 Å². The van der Waals surface area contributed by atoms with Crippen LogP contribution in [0, 0.1) is 0 Å². The monoisotopic (exact) mass is 318 g/mol. The largest absolute Gasteiger partial charge is 0.337 e. The number of carbonyl (C=O) groups is 1. The molecule has 0 radical (unpaired) electrons. The summed E-state index contributed by atoms with van der Waals surface area (Å²) in [5.74, 6) is 0.413. The third-order valence-corrected chi connectivity index (χ3v) is 4.48. The molecular weight excluding hydrogens is 300 g/mol. The van der Waals surface area contributed by atoms with Crippen molar-refractivity contribution in [2.24, 2.45) is 0 Å². The lowest BCUT2D eigenvalue weighted by molar-refractivity contribution is 0.0785. The SMILES string of the molecule is O=C(c1cc(-c2ccccn2)n[nH]1)N1CC[C@@H](c2ccccc2)C1. The van der Waals surface area contributed by atoms with Gasteiger partial charge in [0.2, 0.25) is 0 Å². The zero-order valence-electron chi connectivity index (χ0n) is 13.2. The average molecular weight is 318 g/mol. The van der Waals surface area contributed by atoms with Crippen LogP contribution in [0.5, 0.6) is 0 Å². The van der Waals surface area contributed by atoms with Gasteiger partial charge in [-0.3, -0.25) is 14.9 Å². The molecule has 120 valence electrons. The number of nitrogens with one attached hydrogen (secondary N) is 1. The maximum Gasteiger partial charge on any atom is 0.271 e. The Bertz CT molecular complexity index is 829. The lowest BCUT2D eigenvalue weighted by atomic mass is 9.99. The van der Waals surface area contributed by atoms with Gasteiger partial charge in [0, 0.05) is 25.2 Å². The van der Waals surface area contributed by atoms with Gasteiger partial charge in [0.1, 0.15) is 11.4 Å². The van der Waals surface area contributed by atoms with Gasteiger partial charge in [-0.25, -0.2) is 0 Å². The van der Waals surface area contributed by atoms with Crippen LogP contribution in [0.2, 0.25) is 0 Å². The summed E-state index contributed by atoms with van der Waals surface area (Å²) < 4.78 is 0. The molecule has 1 aromatic carbocycles. The Balaban J connectivity index is 1.48. The summed E-state index contributed by atoms with van der Waals surface area (Å²) in [4.78, 5) is 18.9. The standard InChI is InChI=1S/C19H18N4O/c24-19(18-12-17(21-22-18)16-8-4-5-10-20-16)23-11-9-15(13-23)14-6-2-1-3-7-14/h1-8,10,12,15H,9,11,13H2,(H,21,22)/t15-/m1/s1. The zero-order chi connectivity index (χ0) is 16.4. The summed E-state index contributed by atoms with van der Waals surface area (Å²) in [5, 5.41) is 7.08. The van der Waals surface area contributed by atoms with E-state index in [2.05, 4.69) is 27.3 Å². The maximum absolute atomic E-state index is 12.7. The van der Waals surface area contributed by atoms with Crippen LogP contribution in [0.15, 0.2) is 60.8 Å². The third kappa shape index (κ3) is 2.80. The van der Waals surface area contributed by atoms with E-state index in [1.807, 2.05) is 41.3 Å². The quantitative estimate of drug-likeness (QED) is 0.807. The Morgan fingerprint density at radius 3 is 2.71 bits per heavy atom. The first kappa shape index (κ1) is 14.6. The number of amides is 1. The number of H-pyrrole nitrogens is 1. The van der Waals surface area contributed by atoms with E-state index in [1.165, 1.54) is 5.56 Å². The van der Waals surface area contributed by atoms with Crippen molar-refractivity contribution >= 4 is 5.91 Å². The molecule has 1 fully saturated rings. The Morgan fingerprint density at radius 2 is 1.92 bits per heavy atom. The molecule has 0 aliphatic carbocycles. The molecule has 0 unspecified atom stereocenters. The fraction of sp³-hybridized carbons (Fsp3) is 0.211. The van der Waals surface area contributed by atoms with Gasteiger partial charge >= 0.3 is 0 Å². The number of likely N-dealkylation sites (tertiary alicyclic amines) is 1. The van der Waals surface area contributed by atoms with Gasteiger partial charge < -0.3 is 4.90 Å². The number of rotatable bonds is 3. The van der Waals surface area contributed by atoms with Crippen LogP contribution in [0.1, 0.15) is 28.4 Å².